The van der Waals surface area contributed by atoms with E-state index >= 15 is 0 Å². The second kappa shape index (κ2) is 5.64. The van der Waals surface area contributed by atoms with Crippen LogP contribution in [0.5, 0.6) is 0 Å². The van der Waals surface area contributed by atoms with E-state index in [1.165, 1.54) is 0 Å². The summed E-state index contributed by atoms with van der Waals surface area (Å²) in [5, 5.41) is 13.9. The van der Waals surface area contributed by atoms with Crippen LogP contribution in [0.4, 0.5) is 0 Å². The van der Waals surface area contributed by atoms with E-state index in [1.54, 1.807) is 10.9 Å². The monoisotopic (exact) mass is 348 g/mol. The lowest BCUT2D eigenvalue weighted by atomic mass is 9.69. The Morgan fingerprint density at radius 1 is 1.19 bits per heavy atom. The predicted molar refractivity (Wildman–Crippen MR) is 83.7 cm³/mol. The molecule has 0 bridgehead atoms. The van der Waals surface area contributed by atoms with Gasteiger partial charge in [0.05, 0.1) is 21.8 Å². The van der Waals surface area contributed by atoms with Crippen molar-refractivity contribution in [3.8, 4) is 5.69 Å². The number of halogens is 1. The molecule has 0 spiro atoms. The summed E-state index contributed by atoms with van der Waals surface area (Å²) in [6.07, 6.45) is 8.18. The molecule has 4 nitrogen and oxygen atoms in total. The Labute approximate surface area is 131 Å². The second-order valence-corrected chi connectivity index (χ2v) is 6.51. The number of nitrogens with zero attached hydrogens (tertiary/aromatic N) is 2. The third kappa shape index (κ3) is 2.62. The molecule has 21 heavy (non-hydrogen) atoms. The van der Waals surface area contributed by atoms with Crippen LogP contribution < -0.4 is 0 Å². The quantitative estimate of drug-likeness (QED) is 0.914. The zero-order valence-electron chi connectivity index (χ0n) is 11.6. The number of aliphatic carboxylic acids is 1. The molecule has 1 aliphatic carbocycles. The first-order valence-corrected chi connectivity index (χ1v) is 7.96. The average Bonchev–Trinajstić information content (AvgIpc) is 2.94. The van der Waals surface area contributed by atoms with E-state index < -0.39 is 11.4 Å². The molecule has 1 N–H and O–H groups in total. The highest BCUT2D eigenvalue weighted by Gasteiger charge is 2.41. The van der Waals surface area contributed by atoms with Gasteiger partial charge in [-0.15, -0.1) is 0 Å². The Balaban J connectivity index is 1.93. The van der Waals surface area contributed by atoms with Crippen LogP contribution in [0.25, 0.3) is 5.69 Å². The van der Waals surface area contributed by atoms with E-state index in [0.29, 0.717) is 0 Å². The molecule has 3 rings (SSSR count). The van der Waals surface area contributed by atoms with E-state index in [0.717, 1.165) is 47.8 Å². The van der Waals surface area contributed by atoms with Crippen molar-refractivity contribution in [2.24, 2.45) is 0 Å². The van der Waals surface area contributed by atoms with Crippen LogP contribution in [0.2, 0.25) is 0 Å². The Kier molecular flexibility index (Phi) is 3.85. The van der Waals surface area contributed by atoms with E-state index in [9.17, 15) is 9.90 Å². The van der Waals surface area contributed by atoms with Crippen LogP contribution in [-0.4, -0.2) is 20.9 Å². The van der Waals surface area contributed by atoms with Crippen molar-refractivity contribution in [1.29, 1.82) is 0 Å². The first kappa shape index (κ1) is 14.3. The van der Waals surface area contributed by atoms with Crippen LogP contribution >= 0.6 is 15.9 Å². The number of hydrogen-bond acceptors (Lipinski definition) is 2. The molecule has 1 aromatic carbocycles. The second-order valence-electron chi connectivity index (χ2n) is 5.60. The normalized spacial score (nSPS) is 17.6. The van der Waals surface area contributed by atoms with Gasteiger partial charge in [0, 0.05) is 6.20 Å². The van der Waals surface area contributed by atoms with Crippen LogP contribution in [0.1, 0.15) is 37.7 Å². The highest BCUT2D eigenvalue weighted by molar-refractivity contribution is 9.10. The Morgan fingerprint density at radius 2 is 1.86 bits per heavy atom. The number of aromatic nitrogens is 2. The molecule has 1 aliphatic rings. The molecule has 0 radical (unpaired) electrons. The molecular formula is C16H17BrN2O2. The van der Waals surface area contributed by atoms with Gasteiger partial charge < -0.3 is 5.11 Å². The summed E-state index contributed by atoms with van der Waals surface area (Å²) in [5.74, 6) is -0.697. The summed E-state index contributed by atoms with van der Waals surface area (Å²) in [5.41, 5.74) is 1.13. The molecule has 0 saturated heterocycles. The van der Waals surface area contributed by atoms with Crippen molar-refractivity contribution >= 4 is 21.9 Å². The van der Waals surface area contributed by atoms with Crippen LogP contribution in [0, 0.1) is 0 Å². The molecule has 2 aromatic rings. The van der Waals surface area contributed by atoms with Crippen LogP contribution in [-0.2, 0) is 10.2 Å². The Bertz CT molecular complexity index is 643. The largest absolute Gasteiger partial charge is 0.481 e. The van der Waals surface area contributed by atoms with Gasteiger partial charge >= 0.3 is 5.97 Å². The summed E-state index contributed by atoms with van der Waals surface area (Å²) in [7, 11) is 0. The van der Waals surface area contributed by atoms with Crippen molar-refractivity contribution < 1.29 is 9.90 Å². The molecule has 110 valence electrons. The SMILES string of the molecule is O=C(O)C1(c2ccc(-n3cc(Br)cn3)cc2)CCCCC1. The first-order chi connectivity index (χ1) is 10.1. The molecule has 0 atom stereocenters. The van der Waals surface area contributed by atoms with Crippen molar-refractivity contribution in [2.45, 2.75) is 37.5 Å². The van der Waals surface area contributed by atoms with E-state index in [2.05, 4.69) is 21.0 Å². The summed E-state index contributed by atoms with van der Waals surface area (Å²) in [6, 6.07) is 7.75. The maximum atomic E-state index is 11.8. The fraction of sp³-hybridized carbons (Fsp3) is 0.375. The fourth-order valence-corrected chi connectivity index (χ4v) is 3.44. The number of carbonyl (C=O) groups is 1. The van der Waals surface area contributed by atoms with E-state index in [-0.39, 0.29) is 0 Å². The van der Waals surface area contributed by atoms with E-state index in [1.807, 2.05) is 30.5 Å². The third-order valence-electron chi connectivity index (χ3n) is 4.35. The van der Waals surface area contributed by atoms with Gasteiger partial charge in [-0.05, 0) is 46.5 Å². The van der Waals surface area contributed by atoms with Crippen LogP contribution in [0.15, 0.2) is 41.1 Å². The van der Waals surface area contributed by atoms with Crippen LogP contribution in [0.3, 0.4) is 0 Å². The maximum absolute atomic E-state index is 11.8. The number of benzene rings is 1. The predicted octanol–water partition coefficient (Wildman–Crippen LogP) is 3.92. The molecule has 1 aromatic heterocycles. The van der Waals surface area contributed by atoms with Crippen molar-refractivity contribution in [2.75, 3.05) is 0 Å². The van der Waals surface area contributed by atoms with Gasteiger partial charge in [0.15, 0.2) is 0 Å². The molecule has 1 saturated carbocycles. The standard InChI is InChI=1S/C16H17BrN2O2/c17-13-10-18-19(11-13)14-6-4-12(5-7-14)16(15(20)21)8-2-1-3-9-16/h4-7,10-11H,1-3,8-9H2,(H,20,21). The fourth-order valence-electron chi connectivity index (χ4n) is 3.16. The highest BCUT2D eigenvalue weighted by atomic mass is 79.9. The lowest BCUT2D eigenvalue weighted by Crippen LogP contribution is -2.37. The number of carboxylic acid groups (broad SMARTS) is 1. The van der Waals surface area contributed by atoms with Gasteiger partial charge in [0.2, 0.25) is 0 Å². The molecular weight excluding hydrogens is 332 g/mol. The van der Waals surface area contributed by atoms with Gasteiger partial charge in [-0.1, -0.05) is 31.4 Å². The third-order valence-corrected chi connectivity index (χ3v) is 4.76. The molecule has 1 fully saturated rings. The summed E-state index contributed by atoms with van der Waals surface area (Å²) in [4.78, 5) is 11.8. The number of carboxylic acids is 1. The van der Waals surface area contributed by atoms with E-state index in [4.69, 9.17) is 0 Å². The summed E-state index contributed by atoms with van der Waals surface area (Å²) >= 11 is 3.37. The first-order valence-electron chi connectivity index (χ1n) is 7.16. The number of rotatable bonds is 3. The zero-order chi connectivity index (χ0) is 14.9. The smallest absolute Gasteiger partial charge is 0.314 e. The number of hydrogen-bond donors (Lipinski definition) is 1. The minimum Gasteiger partial charge on any atom is -0.481 e. The minimum atomic E-state index is -0.707. The van der Waals surface area contributed by atoms with Gasteiger partial charge in [-0.2, -0.15) is 5.10 Å². The summed E-state index contributed by atoms with van der Waals surface area (Å²) < 4.78 is 2.68. The van der Waals surface area contributed by atoms with Gasteiger partial charge in [0.1, 0.15) is 0 Å². The lowest BCUT2D eigenvalue weighted by Gasteiger charge is -2.33. The van der Waals surface area contributed by atoms with Gasteiger partial charge in [-0.25, -0.2) is 4.68 Å². The molecule has 5 heteroatoms. The topological polar surface area (TPSA) is 55.1 Å². The molecule has 0 aliphatic heterocycles. The molecule has 0 unspecified atom stereocenters. The van der Waals surface area contributed by atoms with Gasteiger partial charge in [-0.3, -0.25) is 4.79 Å². The van der Waals surface area contributed by atoms with Crippen molar-refractivity contribution in [1.82, 2.24) is 9.78 Å². The Morgan fingerprint density at radius 3 is 2.38 bits per heavy atom. The average molecular weight is 349 g/mol. The summed E-state index contributed by atoms with van der Waals surface area (Å²) in [6.45, 7) is 0. The maximum Gasteiger partial charge on any atom is 0.314 e. The molecule has 1 heterocycles. The highest BCUT2D eigenvalue weighted by Crippen LogP contribution is 2.40. The molecule has 0 amide bonds. The van der Waals surface area contributed by atoms with Gasteiger partial charge in [0.25, 0.3) is 0 Å². The minimum absolute atomic E-state index is 0.697. The Hall–Kier alpha value is -1.62. The zero-order valence-corrected chi connectivity index (χ0v) is 13.2. The lowest BCUT2D eigenvalue weighted by molar-refractivity contribution is -0.145. The van der Waals surface area contributed by atoms with Crippen molar-refractivity contribution in [3.63, 3.8) is 0 Å². The van der Waals surface area contributed by atoms with Crippen molar-refractivity contribution in [3.05, 3.63) is 46.7 Å².